The van der Waals surface area contributed by atoms with Gasteiger partial charge in [-0.1, -0.05) is 0 Å². The van der Waals surface area contributed by atoms with E-state index in [2.05, 4.69) is 10.1 Å². The minimum absolute atomic E-state index is 0.0733. The molecular weight excluding hydrogens is 232 g/mol. The van der Waals surface area contributed by atoms with Gasteiger partial charge in [0.25, 0.3) is 5.82 Å². The van der Waals surface area contributed by atoms with Gasteiger partial charge in [0.15, 0.2) is 0 Å². The molecular formula is C13H16N2O3. The van der Waals surface area contributed by atoms with E-state index in [-0.39, 0.29) is 5.82 Å². The first-order valence-corrected chi connectivity index (χ1v) is 6.80. The second-order valence-corrected chi connectivity index (χ2v) is 5.69. The molecule has 0 amide bonds. The van der Waals surface area contributed by atoms with Crippen LogP contribution in [0, 0.1) is 23.7 Å². The summed E-state index contributed by atoms with van der Waals surface area (Å²) in [4.78, 5) is 15.7. The van der Waals surface area contributed by atoms with E-state index in [4.69, 9.17) is 9.26 Å². The molecule has 4 rings (SSSR count). The number of hydrogen-bond donors (Lipinski definition) is 0. The Hall–Kier alpha value is -1.39. The molecule has 3 saturated carbocycles. The van der Waals surface area contributed by atoms with Gasteiger partial charge < -0.3 is 9.26 Å². The molecule has 0 aromatic carbocycles. The van der Waals surface area contributed by atoms with Gasteiger partial charge in [-0.05, 0) is 55.0 Å². The SMILES string of the molecule is CCOC(=O)c1noc(C2C3C4CCC(C4)C23)n1. The Bertz CT molecular complexity index is 482. The Morgan fingerprint density at radius 1 is 1.39 bits per heavy atom. The van der Waals surface area contributed by atoms with E-state index < -0.39 is 5.97 Å². The third-order valence-electron chi connectivity index (χ3n) is 4.92. The summed E-state index contributed by atoms with van der Waals surface area (Å²) in [5.74, 6) is 3.89. The van der Waals surface area contributed by atoms with Gasteiger partial charge in [-0.15, -0.1) is 0 Å². The Kier molecular flexibility index (Phi) is 2.08. The van der Waals surface area contributed by atoms with Crippen molar-refractivity contribution >= 4 is 5.97 Å². The Morgan fingerprint density at radius 3 is 2.78 bits per heavy atom. The first-order chi connectivity index (χ1) is 8.79. The van der Waals surface area contributed by atoms with Crippen molar-refractivity contribution in [1.82, 2.24) is 10.1 Å². The molecule has 4 unspecified atom stereocenters. The summed E-state index contributed by atoms with van der Waals surface area (Å²) in [5, 5.41) is 3.73. The topological polar surface area (TPSA) is 65.2 Å². The molecule has 96 valence electrons. The molecule has 1 aromatic heterocycles. The lowest BCUT2D eigenvalue weighted by atomic mass is 10.0. The lowest BCUT2D eigenvalue weighted by molar-refractivity contribution is 0.0508. The van der Waals surface area contributed by atoms with Crippen LogP contribution in [0.5, 0.6) is 0 Å². The first-order valence-electron chi connectivity index (χ1n) is 6.80. The zero-order chi connectivity index (χ0) is 12.3. The molecule has 3 aliphatic rings. The third-order valence-corrected chi connectivity index (χ3v) is 4.92. The summed E-state index contributed by atoms with van der Waals surface area (Å²) in [7, 11) is 0. The fourth-order valence-corrected chi connectivity index (χ4v) is 4.30. The maximum Gasteiger partial charge on any atom is 0.379 e. The van der Waals surface area contributed by atoms with Crippen molar-refractivity contribution in [2.75, 3.05) is 6.61 Å². The predicted octanol–water partition coefficient (Wildman–Crippen LogP) is 2.01. The van der Waals surface area contributed by atoms with E-state index in [0.29, 0.717) is 18.4 Å². The van der Waals surface area contributed by atoms with E-state index in [1.165, 1.54) is 19.3 Å². The maximum atomic E-state index is 11.5. The van der Waals surface area contributed by atoms with Gasteiger partial charge in [0, 0.05) is 5.92 Å². The first kappa shape index (κ1) is 10.5. The van der Waals surface area contributed by atoms with Gasteiger partial charge in [-0.2, -0.15) is 4.98 Å². The third kappa shape index (κ3) is 1.30. The number of rotatable bonds is 3. The summed E-state index contributed by atoms with van der Waals surface area (Å²) in [6.45, 7) is 2.10. The van der Waals surface area contributed by atoms with Crippen molar-refractivity contribution in [3.63, 3.8) is 0 Å². The van der Waals surface area contributed by atoms with Gasteiger partial charge in [0.2, 0.25) is 5.89 Å². The monoisotopic (exact) mass is 248 g/mol. The molecule has 0 radical (unpaired) electrons. The van der Waals surface area contributed by atoms with E-state index >= 15 is 0 Å². The molecule has 0 aliphatic heterocycles. The average Bonchev–Trinajstić information content (AvgIpc) is 2.80. The molecule has 2 bridgehead atoms. The van der Waals surface area contributed by atoms with E-state index in [1.54, 1.807) is 6.92 Å². The highest BCUT2D eigenvalue weighted by Crippen LogP contribution is 2.72. The Morgan fingerprint density at radius 2 is 2.11 bits per heavy atom. The van der Waals surface area contributed by atoms with E-state index in [0.717, 1.165) is 23.7 Å². The number of hydrogen-bond acceptors (Lipinski definition) is 5. The van der Waals surface area contributed by atoms with E-state index in [1.807, 2.05) is 0 Å². The fraction of sp³-hybridized carbons (Fsp3) is 0.769. The highest BCUT2D eigenvalue weighted by Gasteiger charge is 2.67. The molecule has 3 aliphatic carbocycles. The fourth-order valence-electron chi connectivity index (χ4n) is 4.30. The zero-order valence-corrected chi connectivity index (χ0v) is 10.3. The van der Waals surface area contributed by atoms with Crippen LogP contribution in [0.2, 0.25) is 0 Å². The Balaban J connectivity index is 1.52. The highest BCUT2D eigenvalue weighted by molar-refractivity contribution is 5.84. The van der Waals surface area contributed by atoms with Gasteiger partial charge in [0.05, 0.1) is 6.61 Å². The van der Waals surface area contributed by atoms with Gasteiger partial charge >= 0.3 is 5.97 Å². The standard InChI is InChI=1S/C13H16N2O3/c1-2-17-13(16)11-14-12(18-15-11)10-8-6-3-4-7(5-6)9(8)10/h6-10H,2-5H2,1H3. The second-order valence-electron chi connectivity index (χ2n) is 5.69. The van der Waals surface area contributed by atoms with E-state index in [9.17, 15) is 4.79 Å². The number of esters is 1. The molecule has 0 spiro atoms. The zero-order valence-electron chi connectivity index (χ0n) is 10.3. The number of carbonyl (C=O) groups is 1. The van der Waals surface area contributed by atoms with Crippen molar-refractivity contribution < 1.29 is 14.1 Å². The lowest BCUT2D eigenvalue weighted by Crippen LogP contribution is -2.07. The minimum Gasteiger partial charge on any atom is -0.460 e. The molecule has 1 heterocycles. The van der Waals surface area contributed by atoms with Crippen LogP contribution in [-0.4, -0.2) is 22.7 Å². The molecule has 18 heavy (non-hydrogen) atoms. The highest BCUT2D eigenvalue weighted by atomic mass is 16.5. The van der Waals surface area contributed by atoms with Gasteiger partial charge in [-0.25, -0.2) is 4.79 Å². The summed E-state index contributed by atoms with van der Waals surface area (Å²) in [6.07, 6.45) is 4.12. The van der Waals surface area contributed by atoms with Crippen LogP contribution < -0.4 is 0 Å². The van der Waals surface area contributed by atoms with Crippen molar-refractivity contribution in [3.05, 3.63) is 11.7 Å². The second kappa shape index (κ2) is 3.56. The molecule has 0 saturated heterocycles. The average molecular weight is 248 g/mol. The van der Waals surface area contributed by atoms with Crippen molar-refractivity contribution in [3.8, 4) is 0 Å². The van der Waals surface area contributed by atoms with Crippen molar-refractivity contribution in [1.29, 1.82) is 0 Å². The van der Waals surface area contributed by atoms with Crippen LogP contribution in [0.4, 0.5) is 0 Å². The van der Waals surface area contributed by atoms with Crippen LogP contribution in [0.1, 0.15) is 48.6 Å². The quantitative estimate of drug-likeness (QED) is 0.765. The summed E-state index contributed by atoms with van der Waals surface area (Å²) in [5.41, 5.74) is 0. The van der Waals surface area contributed by atoms with Crippen molar-refractivity contribution in [2.45, 2.75) is 32.1 Å². The largest absolute Gasteiger partial charge is 0.460 e. The van der Waals surface area contributed by atoms with Crippen LogP contribution in [-0.2, 0) is 4.74 Å². The maximum absolute atomic E-state index is 11.5. The van der Waals surface area contributed by atoms with Gasteiger partial charge in [-0.3, -0.25) is 0 Å². The van der Waals surface area contributed by atoms with Crippen LogP contribution in [0.25, 0.3) is 0 Å². The molecule has 1 aromatic rings. The molecule has 5 heteroatoms. The summed E-state index contributed by atoms with van der Waals surface area (Å²) >= 11 is 0. The minimum atomic E-state index is -0.485. The van der Waals surface area contributed by atoms with Crippen LogP contribution in [0.3, 0.4) is 0 Å². The summed E-state index contributed by atoms with van der Waals surface area (Å²) in [6, 6.07) is 0. The number of carbonyl (C=O) groups excluding carboxylic acids is 1. The molecule has 4 atom stereocenters. The van der Waals surface area contributed by atoms with Gasteiger partial charge in [0.1, 0.15) is 0 Å². The van der Waals surface area contributed by atoms with Crippen molar-refractivity contribution in [2.24, 2.45) is 23.7 Å². The molecule has 3 fully saturated rings. The summed E-state index contributed by atoms with van der Waals surface area (Å²) < 4.78 is 10.1. The molecule has 5 nitrogen and oxygen atoms in total. The van der Waals surface area contributed by atoms with Crippen LogP contribution in [0.15, 0.2) is 4.52 Å². The Labute approximate surface area is 105 Å². The number of fused-ring (bicyclic) bond motifs is 5. The molecule has 0 N–H and O–H groups in total. The lowest BCUT2D eigenvalue weighted by Gasteiger charge is -2.04. The number of ether oxygens (including phenoxy) is 1. The smallest absolute Gasteiger partial charge is 0.379 e. The number of aromatic nitrogens is 2. The van der Waals surface area contributed by atoms with Crippen LogP contribution >= 0.6 is 0 Å². The predicted molar refractivity (Wildman–Crippen MR) is 60.8 cm³/mol. The normalized spacial score (nSPS) is 39.7. The number of nitrogens with zero attached hydrogens (tertiary/aromatic N) is 2.